The van der Waals surface area contributed by atoms with E-state index in [0.29, 0.717) is 36.0 Å². The van der Waals surface area contributed by atoms with E-state index >= 15 is 0 Å². The van der Waals surface area contributed by atoms with E-state index in [9.17, 15) is 4.79 Å². The first-order chi connectivity index (χ1) is 21.0. The molecular formula is C34H32ClN7O. The molecule has 0 unspecified atom stereocenters. The highest BCUT2D eigenvalue weighted by Gasteiger charge is 2.31. The predicted molar refractivity (Wildman–Crippen MR) is 169 cm³/mol. The second kappa shape index (κ2) is 12.7. The van der Waals surface area contributed by atoms with E-state index in [1.807, 2.05) is 84.5 Å². The third-order valence-electron chi connectivity index (χ3n) is 7.85. The number of nitrogens with one attached hydrogen (secondary N) is 1. The van der Waals surface area contributed by atoms with Gasteiger partial charge < -0.3 is 4.98 Å². The molecule has 0 radical (unpaired) electrons. The molecule has 0 saturated heterocycles. The van der Waals surface area contributed by atoms with Gasteiger partial charge in [0.15, 0.2) is 5.82 Å². The molecule has 0 aliphatic heterocycles. The van der Waals surface area contributed by atoms with Crippen LogP contribution in [0.3, 0.4) is 0 Å². The highest BCUT2D eigenvalue weighted by atomic mass is 35.5. The second-order valence-electron chi connectivity index (χ2n) is 10.8. The molecule has 1 atom stereocenters. The molecule has 43 heavy (non-hydrogen) atoms. The highest BCUT2D eigenvalue weighted by Crippen LogP contribution is 2.32. The van der Waals surface area contributed by atoms with Crippen LogP contribution in [0.4, 0.5) is 0 Å². The van der Waals surface area contributed by atoms with Crippen LogP contribution in [0, 0.1) is 13.8 Å². The molecule has 216 valence electrons. The van der Waals surface area contributed by atoms with Crippen molar-refractivity contribution in [2.45, 2.75) is 45.9 Å². The minimum Gasteiger partial charge on any atom is -0.322 e. The molecule has 0 saturated carbocycles. The summed E-state index contributed by atoms with van der Waals surface area (Å²) in [5.41, 5.74) is 6.54. The molecule has 0 fully saturated rings. The molecule has 1 N–H and O–H groups in total. The minimum absolute atomic E-state index is 0.186. The maximum atomic E-state index is 13.9. The third-order valence-corrected chi connectivity index (χ3v) is 8.21. The first kappa shape index (κ1) is 28.5. The lowest BCUT2D eigenvalue weighted by Gasteiger charge is -2.31. The van der Waals surface area contributed by atoms with E-state index in [4.69, 9.17) is 11.6 Å². The zero-order valence-electron chi connectivity index (χ0n) is 24.1. The number of aromatic amines is 1. The standard InChI is InChI=1S/C34H32ClN7O/c1-23-17-28-19-29(34(43)37-31(28)18-24(23)2)32(33-38-39-40-42(33)16-14-25-9-4-3-5-10-25)41(21-26-11-8-15-36-20-26)22-27-12-6-7-13-30(27)35/h3-13,15,17-20,32H,14,16,21-22H2,1-2H3,(H,37,43)/t32-/m0/s1. The average Bonchev–Trinajstić information content (AvgIpc) is 3.48. The number of fused-ring (bicyclic) bond motifs is 1. The van der Waals surface area contributed by atoms with E-state index in [-0.39, 0.29) is 5.56 Å². The first-order valence-electron chi connectivity index (χ1n) is 14.3. The summed E-state index contributed by atoms with van der Waals surface area (Å²) in [6.45, 7) is 5.62. The predicted octanol–water partition coefficient (Wildman–Crippen LogP) is 6.21. The zero-order valence-corrected chi connectivity index (χ0v) is 24.9. The largest absolute Gasteiger partial charge is 0.322 e. The maximum absolute atomic E-state index is 13.9. The van der Waals surface area contributed by atoms with Crippen molar-refractivity contribution >= 4 is 22.5 Å². The normalized spacial score (nSPS) is 12.2. The van der Waals surface area contributed by atoms with Crippen molar-refractivity contribution < 1.29 is 0 Å². The van der Waals surface area contributed by atoms with Crippen LogP contribution in [0.15, 0.2) is 102 Å². The summed E-state index contributed by atoms with van der Waals surface area (Å²) in [6.07, 6.45) is 4.33. The van der Waals surface area contributed by atoms with E-state index in [2.05, 4.69) is 55.5 Å². The van der Waals surface area contributed by atoms with Gasteiger partial charge in [0.25, 0.3) is 5.56 Å². The summed E-state index contributed by atoms with van der Waals surface area (Å²) in [6, 6.07) is 27.5. The van der Waals surface area contributed by atoms with Crippen LogP contribution in [0.2, 0.25) is 5.02 Å². The molecule has 0 spiro atoms. The average molecular weight is 590 g/mol. The number of nitrogens with zero attached hydrogens (tertiary/aromatic N) is 6. The number of H-pyrrole nitrogens is 1. The van der Waals surface area contributed by atoms with Crippen LogP contribution >= 0.6 is 11.6 Å². The van der Waals surface area contributed by atoms with E-state index < -0.39 is 6.04 Å². The van der Waals surface area contributed by atoms with Gasteiger partial charge in [0.1, 0.15) is 6.04 Å². The fraction of sp³-hybridized carbons (Fsp3) is 0.206. The van der Waals surface area contributed by atoms with Gasteiger partial charge in [0.2, 0.25) is 0 Å². The SMILES string of the molecule is Cc1cc2cc([C@@H](c3nnnn3CCc3ccccc3)N(Cc3cccnc3)Cc3ccccc3Cl)c(=O)[nH]c2cc1C. The fourth-order valence-corrected chi connectivity index (χ4v) is 5.65. The van der Waals surface area contributed by atoms with Crippen molar-refractivity contribution in [1.82, 2.24) is 35.1 Å². The van der Waals surface area contributed by atoms with Crippen molar-refractivity contribution in [3.63, 3.8) is 0 Å². The molecule has 0 amide bonds. The van der Waals surface area contributed by atoms with E-state index in [1.165, 1.54) is 5.56 Å². The number of tetrazole rings is 1. The molecule has 9 heteroatoms. The number of benzene rings is 3. The lowest BCUT2D eigenvalue weighted by molar-refractivity contribution is 0.193. The van der Waals surface area contributed by atoms with Gasteiger partial charge in [-0.3, -0.25) is 14.7 Å². The Bertz CT molecular complexity index is 1900. The number of hydrogen-bond acceptors (Lipinski definition) is 6. The summed E-state index contributed by atoms with van der Waals surface area (Å²) < 4.78 is 1.81. The molecular weight excluding hydrogens is 558 g/mol. The molecule has 8 nitrogen and oxygen atoms in total. The number of rotatable bonds is 10. The summed E-state index contributed by atoms with van der Waals surface area (Å²) in [7, 11) is 0. The van der Waals surface area contributed by atoms with E-state index in [0.717, 1.165) is 39.6 Å². The number of halogens is 1. The Kier molecular flexibility index (Phi) is 8.40. The summed E-state index contributed by atoms with van der Waals surface area (Å²) in [5.74, 6) is 0.584. The van der Waals surface area contributed by atoms with Crippen LogP contribution in [0.5, 0.6) is 0 Å². The van der Waals surface area contributed by atoms with Gasteiger partial charge in [-0.1, -0.05) is 66.2 Å². The van der Waals surface area contributed by atoms with Gasteiger partial charge in [0.05, 0.1) is 0 Å². The number of hydrogen-bond donors (Lipinski definition) is 1. The Morgan fingerprint density at radius 1 is 0.907 bits per heavy atom. The molecule has 0 bridgehead atoms. The van der Waals surface area contributed by atoms with Crippen LogP contribution in [-0.2, 0) is 26.1 Å². The lowest BCUT2D eigenvalue weighted by Crippen LogP contribution is -2.35. The Balaban J connectivity index is 1.51. The van der Waals surface area contributed by atoms with Crippen LogP contribution in [0.1, 0.15) is 45.2 Å². The first-order valence-corrected chi connectivity index (χ1v) is 14.6. The summed E-state index contributed by atoms with van der Waals surface area (Å²) in [4.78, 5) is 23.6. The molecule has 3 aromatic heterocycles. The van der Waals surface area contributed by atoms with Crippen molar-refractivity contribution in [2.24, 2.45) is 0 Å². The number of aromatic nitrogens is 6. The minimum atomic E-state index is -0.586. The van der Waals surface area contributed by atoms with Gasteiger partial charge >= 0.3 is 0 Å². The zero-order chi connectivity index (χ0) is 29.8. The van der Waals surface area contributed by atoms with Crippen LogP contribution in [0.25, 0.3) is 10.9 Å². The van der Waals surface area contributed by atoms with Crippen LogP contribution < -0.4 is 5.56 Å². The Morgan fingerprint density at radius 3 is 2.47 bits per heavy atom. The Morgan fingerprint density at radius 2 is 1.67 bits per heavy atom. The lowest BCUT2D eigenvalue weighted by atomic mass is 9.99. The van der Waals surface area contributed by atoms with Gasteiger partial charge in [-0.15, -0.1) is 5.10 Å². The molecule has 3 aromatic carbocycles. The number of pyridine rings is 2. The van der Waals surface area contributed by atoms with Gasteiger partial charge in [-0.05, 0) is 94.2 Å². The van der Waals surface area contributed by atoms with E-state index in [1.54, 1.807) is 6.20 Å². The topological polar surface area (TPSA) is 92.6 Å². The molecule has 0 aliphatic rings. The quantitative estimate of drug-likeness (QED) is 0.204. The smallest absolute Gasteiger partial charge is 0.253 e. The molecule has 6 rings (SSSR count). The Labute approximate surface area is 255 Å². The van der Waals surface area contributed by atoms with Crippen molar-refractivity contribution in [3.05, 3.63) is 152 Å². The molecule has 0 aliphatic carbocycles. The highest BCUT2D eigenvalue weighted by molar-refractivity contribution is 6.31. The second-order valence-corrected chi connectivity index (χ2v) is 11.2. The molecule has 6 aromatic rings. The molecule has 3 heterocycles. The van der Waals surface area contributed by atoms with Gasteiger partial charge in [-0.25, -0.2) is 4.68 Å². The summed E-state index contributed by atoms with van der Waals surface area (Å²) >= 11 is 6.68. The summed E-state index contributed by atoms with van der Waals surface area (Å²) in [5, 5.41) is 14.6. The monoisotopic (exact) mass is 589 g/mol. The van der Waals surface area contributed by atoms with Crippen molar-refractivity contribution in [2.75, 3.05) is 0 Å². The van der Waals surface area contributed by atoms with Gasteiger partial charge in [0, 0.05) is 48.1 Å². The Hall–Kier alpha value is -4.66. The van der Waals surface area contributed by atoms with Crippen molar-refractivity contribution in [3.8, 4) is 0 Å². The maximum Gasteiger partial charge on any atom is 0.253 e. The third kappa shape index (κ3) is 6.40. The number of aryl methyl sites for hydroxylation is 4. The van der Waals surface area contributed by atoms with Gasteiger partial charge in [-0.2, -0.15) is 0 Å². The van der Waals surface area contributed by atoms with Crippen LogP contribution in [-0.4, -0.2) is 35.1 Å². The van der Waals surface area contributed by atoms with Crippen molar-refractivity contribution in [1.29, 1.82) is 0 Å². The fourth-order valence-electron chi connectivity index (χ4n) is 5.45.